The summed E-state index contributed by atoms with van der Waals surface area (Å²) >= 11 is -2.56. The van der Waals surface area contributed by atoms with E-state index < -0.39 is 23.3 Å². The van der Waals surface area contributed by atoms with Gasteiger partial charge in [-0.15, -0.1) is 0 Å². The molecule has 0 radical (unpaired) electrons. The van der Waals surface area contributed by atoms with E-state index in [1.54, 1.807) is 0 Å². The number of carboxylic acid groups (broad SMARTS) is 1. The highest BCUT2D eigenvalue weighted by atomic mass is 32.2. The maximum atomic E-state index is 11.5. The molecule has 1 N–H and O–H groups in total. The van der Waals surface area contributed by atoms with Gasteiger partial charge in [-0.25, -0.2) is 4.31 Å². The Balaban J connectivity index is 2.38. The van der Waals surface area contributed by atoms with Gasteiger partial charge in [0.1, 0.15) is 6.04 Å². The number of fused-ring (bicyclic) bond motifs is 1. The summed E-state index contributed by atoms with van der Waals surface area (Å²) in [4.78, 5) is 11.5. The SMILES string of the molecule is CCCN(C(Cc1cccc2ccccc12)C(=O)O)S(=O)[O-]. The lowest BCUT2D eigenvalue weighted by Gasteiger charge is -2.30. The van der Waals surface area contributed by atoms with Gasteiger partial charge in [0.2, 0.25) is 0 Å². The molecule has 0 aliphatic carbocycles. The van der Waals surface area contributed by atoms with Gasteiger partial charge in [-0.1, -0.05) is 49.4 Å². The van der Waals surface area contributed by atoms with Crippen molar-refractivity contribution < 1.29 is 18.7 Å². The van der Waals surface area contributed by atoms with Crippen molar-refractivity contribution in [3.8, 4) is 0 Å². The molecule has 0 fully saturated rings. The van der Waals surface area contributed by atoms with Crippen LogP contribution in [0.2, 0.25) is 0 Å². The highest BCUT2D eigenvalue weighted by Crippen LogP contribution is 2.21. The predicted octanol–water partition coefficient (Wildman–Crippen LogP) is 2.34. The second-order valence-electron chi connectivity index (χ2n) is 5.05. The van der Waals surface area contributed by atoms with Crippen LogP contribution in [0.1, 0.15) is 18.9 Å². The van der Waals surface area contributed by atoms with E-state index in [2.05, 4.69) is 0 Å². The van der Waals surface area contributed by atoms with Crippen LogP contribution in [0.25, 0.3) is 10.8 Å². The molecule has 2 aromatic carbocycles. The van der Waals surface area contributed by atoms with Gasteiger partial charge in [-0.3, -0.25) is 9.00 Å². The summed E-state index contributed by atoms with van der Waals surface area (Å²) in [7, 11) is 0. The summed E-state index contributed by atoms with van der Waals surface area (Å²) in [5, 5.41) is 11.4. The Bertz CT molecular complexity index is 683. The standard InChI is InChI=1S/C16H19NO4S/c1-2-10-17(22(20)21)15(16(18)19)11-13-8-5-7-12-6-3-4-9-14(12)13/h3-9,15H,2,10-11H2,1H3,(H,18,19)(H,20,21)/p-1. The summed E-state index contributed by atoms with van der Waals surface area (Å²) in [5.41, 5.74) is 0.831. The van der Waals surface area contributed by atoms with E-state index in [9.17, 15) is 18.7 Å². The van der Waals surface area contributed by atoms with Crippen LogP contribution in [0.3, 0.4) is 0 Å². The zero-order valence-electron chi connectivity index (χ0n) is 12.3. The molecule has 2 aromatic rings. The van der Waals surface area contributed by atoms with Crippen LogP contribution in [0.15, 0.2) is 42.5 Å². The number of rotatable bonds is 7. The van der Waals surface area contributed by atoms with E-state index in [1.807, 2.05) is 49.4 Å². The van der Waals surface area contributed by atoms with E-state index in [0.717, 1.165) is 20.6 Å². The molecule has 2 unspecified atom stereocenters. The fraction of sp³-hybridized carbons (Fsp3) is 0.312. The zero-order chi connectivity index (χ0) is 16.1. The van der Waals surface area contributed by atoms with Crippen LogP contribution in [0.4, 0.5) is 0 Å². The van der Waals surface area contributed by atoms with Gasteiger partial charge < -0.3 is 9.66 Å². The zero-order valence-corrected chi connectivity index (χ0v) is 13.1. The van der Waals surface area contributed by atoms with Crippen molar-refractivity contribution in [2.75, 3.05) is 6.54 Å². The second-order valence-corrected chi connectivity index (χ2v) is 5.96. The molecule has 0 aliphatic rings. The van der Waals surface area contributed by atoms with Gasteiger partial charge in [-0.05, 0) is 22.8 Å². The van der Waals surface area contributed by atoms with E-state index >= 15 is 0 Å². The van der Waals surface area contributed by atoms with Crippen molar-refractivity contribution in [3.05, 3.63) is 48.0 Å². The summed E-state index contributed by atoms with van der Waals surface area (Å²) < 4.78 is 23.7. The Morgan fingerprint density at radius 2 is 1.95 bits per heavy atom. The molecule has 0 saturated heterocycles. The summed E-state index contributed by atoms with van der Waals surface area (Å²) in [6.07, 6.45) is 0.706. The minimum absolute atomic E-state index is 0.144. The normalized spacial score (nSPS) is 14.1. The van der Waals surface area contributed by atoms with Gasteiger partial charge in [0, 0.05) is 24.2 Å². The first-order valence-electron chi connectivity index (χ1n) is 7.10. The molecule has 6 heteroatoms. The van der Waals surface area contributed by atoms with Crippen LogP contribution in [0, 0.1) is 0 Å². The third kappa shape index (κ3) is 3.71. The Morgan fingerprint density at radius 3 is 2.59 bits per heavy atom. The van der Waals surface area contributed by atoms with Crippen molar-refractivity contribution in [1.82, 2.24) is 4.31 Å². The van der Waals surface area contributed by atoms with Gasteiger partial charge in [0.05, 0.1) is 0 Å². The highest BCUT2D eigenvalue weighted by molar-refractivity contribution is 7.76. The van der Waals surface area contributed by atoms with Crippen LogP contribution >= 0.6 is 0 Å². The Kier molecular flexibility index (Phi) is 5.65. The van der Waals surface area contributed by atoms with Gasteiger partial charge in [0.25, 0.3) is 0 Å². The number of hydrogen-bond donors (Lipinski definition) is 1. The molecule has 0 aliphatic heterocycles. The molecule has 0 amide bonds. The van der Waals surface area contributed by atoms with E-state index in [4.69, 9.17) is 0 Å². The molecule has 2 rings (SSSR count). The molecule has 0 aromatic heterocycles. The van der Waals surface area contributed by atoms with Crippen molar-refractivity contribution in [2.24, 2.45) is 0 Å². The quantitative estimate of drug-likeness (QED) is 0.794. The number of benzene rings is 2. The fourth-order valence-corrected chi connectivity index (χ4v) is 3.25. The number of carbonyl (C=O) groups is 1. The first-order chi connectivity index (χ1) is 10.5. The molecular weight excluding hydrogens is 302 g/mol. The predicted molar refractivity (Wildman–Crippen MR) is 85.0 cm³/mol. The molecule has 118 valence electrons. The lowest BCUT2D eigenvalue weighted by molar-refractivity contribution is -0.141. The maximum Gasteiger partial charge on any atom is 0.322 e. The smallest absolute Gasteiger partial charge is 0.322 e. The van der Waals surface area contributed by atoms with Crippen molar-refractivity contribution in [3.63, 3.8) is 0 Å². The number of carboxylic acids is 1. The van der Waals surface area contributed by atoms with Gasteiger partial charge >= 0.3 is 5.97 Å². The van der Waals surface area contributed by atoms with Crippen LogP contribution in [-0.4, -0.2) is 36.7 Å². The molecule has 22 heavy (non-hydrogen) atoms. The number of hydrogen-bond acceptors (Lipinski definition) is 3. The van der Waals surface area contributed by atoms with Gasteiger partial charge in [0.15, 0.2) is 0 Å². The first kappa shape index (κ1) is 16.6. The number of aliphatic carboxylic acids is 1. The minimum atomic E-state index is -2.56. The largest absolute Gasteiger partial charge is 0.760 e. The molecular formula is C16H18NO4S-. The fourth-order valence-electron chi connectivity index (χ4n) is 2.55. The minimum Gasteiger partial charge on any atom is -0.760 e. The van der Waals surface area contributed by atoms with Crippen LogP contribution in [0.5, 0.6) is 0 Å². The van der Waals surface area contributed by atoms with Crippen molar-refractivity contribution in [1.29, 1.82) is 0 Å². The Labute approximate surface area is 132 Å². The molecule has 0 spiro atoms. The molecule has 0 saturated carbocycles. The maximum absolute atomic E-state index is 11.5. The summed E-state index contributed by atoms with van der Waals surface area (Å²) in [6.45, 7) is 2.01. The molecule has 5 nitrogen and oxygen atoms in total. The van der Waals surface area contributed by atoms with Crippen molar-refractivity contribution >= 4 is 28.0 Å². The third-order valence-corrected chi connectivity index (χ3v) is 4.38. The third-order valence-electron chi connectivity index (χ3n) is 3.56. The molecule has 0 bridgehead atoms. The van der Waals surface area contributed by atoms with Gasteiger partial charge in [-0.2, -0.15) is 0 Å². The summed E-state index contributed by atoms with van der Waals surface area (Å²) in [6, 6.07) is 12.2. The average Bonchev–Trinajstić information content (AvgIpc) is 2.50. The van der Waals surface area contributed by atoms with Crippen molar-refractivity contribution in [2.45, 2.75) is 25.8 Å². The monoisotopic (exact) mass is 320 g/mol. The first-order valence-corrected chi connectivity index (χ1v) is 8.13. The lowest BCUT2D eigenvalue weighted by atomic mass is 9.99. The van der Waals surface area contributed by atoms with E-state index in [-0.39, 0.29) is 13.0 Å². The topological polar surface area (TPSA) is 80.7 Å². The summed E-state index contributed by atoms with van der Waals surface area (Å²) in [5.74, 6) is -1.13. The van der Waals surface area contributed by atoms with Crippen LogP contribution < -0.4 is 0 Å². The average molecular weight is 320 g/mol. The lowest BCUT2D eigenvalue weighted by Crippen LogP contribution is -2.44. The second kappa shape index (κ2) is 7.49. The Morgan fingerprint density at radius 1 is 1.27 bits per heavy atom. The van der Waals surface area contributed by atoms with E-state index in [0.29, 0.717) is 6.42 Å². The highest BCUT2D eigenvalue weighted by Gasteiger charge is 2.26. The Hall–Kier alpha value is -1.76. The van der Waals surface area contributed by atoms with Crippen LogP contribution in [-0.2, 0) is 22.5 Å². The van der Waals surface area contributed by atoms with E-state index in [1.165, 1.54) is 0 Å². The number of nitrogens with zero attached hydrogens (tertiary/aromatic N) is 1. The molecule has 0 heterocycles. The molecule has 2 atom stereocenters.